The molecule has 1 unspecified atom stereocenters. The van der Waals surface area contributed by atoms with Gasteiger partial charge in [-0.3, -0.25) is 0 Å². The highest BCUT2D eigenvalue weighted by atomic mass is 16.5. The van der Waals surface area contributed by atoms with Crippen molar-refractivity contribution in [3.8, 4) is 5.75 Å². The van der Waals surface area contributed by atoms with Crippen LogP contribution in [0.25, 0.3) is 0 Å². The quantitative estimate of drug-likeness (QED) is 0.668. The molecule has 1 fully saturated rings. The summed E-state index contributed by atoms with van der Waals surface area (Å²) in [7, 11) is 0. The fourth-order valence-corrected chi connectivity index (χ4v) is 4.12. The second-order valence-electron chi connectivity index (χ2n) is 7.18. The highest BCUT2D eigenvalue weighted by molar-refractivity contribution is 5.39. The van der Waals surface area contributed by atoms with Crippen LogP contribution in [-0.2, 0) is 0 Å². The summed E-state index contributed by atoms with van der Waals surface area (Å²) in [4.78, 5) is 0. The Morgan fingerprint density at radius 3 is 2.61 bits per heavy atom. The molecule has 2 aliphatic heterocycles. The molecular weight excluding hydrogens is 288 g/mol. The van der Waals surface area contributed by atoms with Crippen LogP contribution >= 0.6 is 0 Å². The molecule has 0 bridgehead atoms. The van der Waals surface area contributed by atoms with Gasteiger partial charge in [0.2, 0.25) is 0 Å². The second kappa shape index (κ2) is 6.80. The maximum Gasteiger partial charge on any atom is 0.123 e. The van der Waals surface area contributed by atoms with E-state index < -0.39 is 0 Å². The SMILES string of the molecule is CC[N+]([O-])(CC)CCC1CC2(CCNCC2)Oc2ccccc21. The summed E-state index contributed by atoms with van der Waals surface area (Å²) in [6.45, 7) is 8.10. The average molecular weight is 318 g/mol. The van der Waals surface area contributed by atoms with E-state index in [2.05, 4.69) is 29.6 Å². The molecule has 0 aliphatic carbocycles. The third-order valence-electron chi connectivity index (χ3n) is 5.86. The fraction of sp³-hybridized carbons (Fsp3) is 0.684. The lowest BCUT2D eigenvalue weighted by molar-refractivity contribution is -0.877. The van der Waals surface area contributed by atoms with Crippen LogP contribution in [0, 0.1) is 5.21 Å². The smallest absolute Gasteiger partial charge is 0.123 e. The van der Waals surface area contributed by atoms with Crippen LogP contribution in [0.1, 0.15) is 51.0 Å². The first-order valence-corrected chi connectivity index (χ1v) is 9.15. The molecule has 1 atom stereocenters. The van der Waals surface area contributed by atoms with Gasteiger partial charge < -0.3 is 19.9 Å². The number of benzene rings is 1. The summed E-state index contributed by atoms with van der Waals surface area (Å²) in [5.74, 6) is 1.49. The molecule has 4 nitrogen and oxygen atoms in total. The van der Waals surface area contributed by atoms with E-state index in [1.54, 1.807) is 0 Å². The van der Waals surface area contributed by atoms with Gasteiger partial charge in [0.1, 0.15) is 11.4 Å². The lowest BCUT2D eigenvalue weighted by atomic mass is 9.76. The molecule has 128 valence electrons. The normalized spacial score (nSPS) is 23.3. The molecule has 3 rings (SSSR count). The van der Waals surface area contributed by atoms with Crippen molar-refractivity contribution in [2.75, 3.05) is 32.7 Å². The maximum absolute atomic E-state index is 12.7. The van der Waals surface area contributed by atoms with Gasteiger partial charge in [0, 0.05) is 6.42 Å². The van der Waals surface area contributed by atoms with E-state index >= 15 is 0 Å². The summed E-state index contributed by atoms with van der Waals surface area (Å²) in [6.07, 6.45) is 4.15. The molecule has 2 aliphatic rings. The number of hydrogen-bond donors (Lipinski definition) is 1. The molecule has 1 aromatic carbocycles. The van der Waals surface area contributed by atoms with Crippen molar-refractivity contribution in [3.05, 3.63) is 35.0 Å². The minimum atomic E-state index is -0.0753. The Morgan fingerprint density at radius 2 is 1.91 bits per heavy atom. The molecule has 1 N–H and O–H groups in total. The Hall–Kier alpha value is -1.10. The van der Waals surface area contributed by atoms with E-state index in [1.165, 1.54) is 5.56 Å². The summed E-state index contributed by atoms with van der Waals surface area (Å²) >= 11 is 0. The van der Waals surface area contributed by atoms with E-state index in [9.17, 15) is 5.21 Å². The van der Waals surface area contributed by atoms with E-state index in [0.717, 1.165) is 44.5 Å². The summed E-state index contributed by atoms with van der Waals surface area (Å²) in [5.41, 5.74) is 1.27. The summed E-state index contributed by atoms with van der Waals surface area (Å²) in [5, 5.41) is 16.1. The number of nitrogens with zero attached hydrogens (tertiary/aromatic N) is 1. The number of ether oxygens (including phenoxy) is 1. The fourth-order valence-electron chi connectivity index (χ4n) is 4.12. The van der Waals surface area contributed by atoms with Crippen LogP contribution in [0.15, 0.2) is 24.3 Å². The zero-order valence-corrected chi connectivity index (χ0v) is 14.5. The molecule has 1 aromatic rings. The minimum absolute atomic E-state index is 0.0265. The Balaban J connectivity index is 1.80. The van der Waals surface area contributed by atoms with Crippen LogP contribution in [0.5, 0.6) is 5.75 Å². The third-order valence-corrected chi connectivity index (χ3v) is 5.86. The minimum Gasteiger partial charge on any atom is -0.633 e. The third kappa shape index (κ3) is 3.54. The molecule has 0 saturated carbocycles. The van der Waals surface area contributed by atoms with Gasteiger partial charge in [0.05, 0.1) is 19.6 Å². The van der Waals surface area contributed by atoms with Crippen molar-refractivity contribution in [1.29, 1.82) is 0 Å². The van der Waals surface area contributed by atoms with E-state index in [4.69, 9.17) is 4.74 Å². The van der Waals surface area contributed by atoms with Crippen molar-refractivity contribution < 1.29 is 9.38 Å². The zero-order valence-electron chi connectivity index (χ0n) is 14.5. The van der Waals surface area contributed by atoms with Gasteiger partial charge in [-0.2, -0.15) is 0 Å². The molecule has 2 heterocycles. The van der Waals surface area contributed by atoms with Gasteiger partial charge in [0.25, 0.3) is 0 Å². The lowest BCUT2D eigenvalue weighted by Crippen LogP contribution is -2.50. The van der Waals surface area contributed by atoms with Gasteiger partial charge in [-0.25, -0.2) is 0 Å². The van der Waals surface area contributed by atoms with Gasteiger partial charge in [-0.15, -0.1) is 0 Å². The summed E-state index contributed by atoms with van der Waals surface area (Å²) in [6, 6.07) is 8.44. The number of hydrogen-bond acceptors (Lipinski definition) is 3. The highest BCUT2D eigenvalue weighted by Gasteiger charge is 2.41. The molecule has 4 heteroatoms. The van der Waals surface area contributed by atoms with E-state index in [-0.39, 0.29) is 10.2 Å². The number of rotatable bonds is 5. The topological polar surface area (TPSA) is 44.3 Å². The molecule has 23 heavy (non-hydrogen) atoms. The van der Waals surface area contributed by atoms with Gasteiger partial charge in [0.15, 0.2) is 0 Å². The number of quaternary nitrogens is 1. The van der Waals surface area contributed by atoms with Crippen molar-refractivity contribution >= 4 is 0 Å². The Bertz CT molecular complexity index is 522. The Morgan fingerprint density at radius 1 is 1.22 bits per heavy atom. The molecular formula is C19H30N2O2. The van der Waals surface area contributed by atoms with Gasteiger partial charge >= 0.3 is 0 Å². The molecule has 1 saturated heterocycles. The van der Waals surface area contributed by atoms with Crippen molar-refractivity contribution in [2.24, 2.45) is 0 Å². The van der Waals surface area contributed by atoms with Crippen LogP contribution in [-0.4, -0.2) is 43.0 Å². The van der Waals surface area contributed by atoms with Gasteiger partial charge in [-0.05, 0) is 63.7 Å². The number of para-hydroxylation sites is 1. The van der Waals surface area contributed by atoms with E-state index in [0.29, 0.717) is 25.6 Å². The molecule has 1 spiro atoms. The lowest BCUT2D eigenvalue weighted by Gasteiger charge is -2.46. The van der Waals surface area contributed by atoms with Crippen molar-refractivity contribution in [1.82, 2.24) is 5.32 Å². The van der Waals surface area contributed by atoms with Crippen molar-refractivity contribution in [3.63, 3.8) is 0 Å². The van der Waals surface area contributed by atoms with Crippen LogP contribution in [0.4, 0.5) is 0 Å². The monoisotopic (exact) mass is 318 g/mol. The number of piperidine rings is 1. The van der Waals surface area contributed by atoms with Crippen LogP contribution < -0.4 is 10.1 Å². The molecule has 0 radical (unpaired) electrons. The standard InChI is InChI=1S/C19H30N2O2/c1-3-21(22,4-2)14-9-16-15-19(10-12-20-13-11-19)23-18-8-6-5-7-17(16)18/h5-8,16,20H,3-4,9-15H2,1-2H3. The highest BCUT2D eigenvalue weighted by Crippen LogP contribution is 2.46. The maximum atomic E-state index is 12.7. The van der Waals surface area contributed by atoms with Crippen LogP contribution in [0.3, 0.4) is 0 Å². The van der Waals surface area contributed by atoms with E-state index in [1.807, 2.05) is 13.8 Å². The number of nitrogens with one attached hydrogen (secondary N) is 1. The number of fused-ring (bicyclic) bond motifs is 1. The Labute approximate surface area is 140 Å². The zero-order chi connectivity index (χ0) is 16.3. The Kier molecular flexibility index (Phi) is 4.95. The average Bonchev–Trinajstić information content (AvgIpc) is 2.60. The first-order chi connectivity index (χ1) is 11.1. The predicted octanol–water partition coefficient (Wildman–Crippen LogP) is 3.42. The predicted molar refractivity (Wildman–Crippen MR) is 93.5 cm³/mol. The first kappa shape index (κ1) is 16.7. The first-order valence-electron chi connectivity index (χ1n) is 9.15. The largest absolute Gasteiger partial charge is 0.633 e. The van der Waals surface area contributed by atoms with Gasteiger partial charge in [-0.1, -0.05) is 18.2 Å². The van der Waals surface area contributed by atoms with Crippen molar-refractivity contribution in [2.45, 2.75) is 51.0 Å². The molecule has 0 aromatic heterocycles. The number of hydroxylamine groups is 3. The second-order valence-corrected chi connectivity index (χ2v) is 7.18. The summed E-state index contributed by atoms with van der Waals surface area (Å²) < 4.78 is 6.38. The van der Waals surface area contributed by atoms with Crippen LogP contribution in [0.2, 0.25) is 0 Å². The molecule has 0 amide bonds.